The maximum atomic E-state index is 13.3. The monoisotopic (exact) mass is 539 g/mol. The van der Waals surface area contributed by atoms with E-state index in [-0.39, 0.29) is 55.1 Å². The summed E-state index contributed by atoms with van der Waals surface area (Å²) in [5.74, 6) is -2.65. The quantitative estimate of drug-likeness (QED) is 0.0559. The molecule has 206 valence electrons. The third-order valence-corrected chi connectivity index (χ3v) is 5.93. The number of thiazole rings is 1. The largest absolute Gasteiger partial charge is 0.370 e. The van der Waals surface area contributed by atoms with E-state index in [2.05, 4.69) is 25.9 Å². The van der Waals surface area contributed by atoms with Gasteiger partial charge in [-0.2, -0.15) is 0 Å². The fourth-order valence-corrected chi connectivity index (χ4v) is 4.16. The Kier molecular flexibility index (Phi) is 13.8. The van der Waals surface area contributed by atoms with Crippen LogP contribution in [0, 0.1) is 0 Å². The normalized spacial score (nSPS) is 12.3. The van der Waals surface area contributed by atoms with Gasteiger partial charge in [-0.05, 0) is 40.2 Å². The topological polar surface area (TPSA) is 228 Å². The summed E-state index contributed by atoms with van der Waals surface area (Å²) in [6.45, 7) is 3.31. The second-order valence-electron chi connectivity index (χ2n) is 8.43. The van der Waals surface area contributed by atoms with Crippen LogP contribution in [0.1, 0.15) is 49.3 Å². The molecule has 0 fully saturated rings. The predicted molar refractivity (Wildman–Crippen MR) is 139 cm³/mol. The van der Waals surface area contributed by atoms with Crippen LogP contribution in [-0.2, 0) is 19.2 Å². The molecule has 14 nitrogen and oxygen atoms in total. The van der Waals surface area contributed by atoms with Crippen LogP contribution < -0.4 is 33.2 Å². The summed E-state index contributed by atoms with van der Waals surface area (Å²) in [5, 5.41) is 9.60. The first-order chi connectivity index (χ1) is 17.5. The first-order valence-electron chi connectivity index (χ1n) is 11.8. The number of hydrogen-bond acceptors (Lipinski definition) is 9. The minimum atomic E-state index is -1.07. The highest BCUT2D eigenvalue weighted by molar-refractivity contribution is 7.11. The van der Waals surface area contributed by atoms with Gasteiger partial charge in [0.15, 0.2) is 11.0 Å². The summed E-state index contributed by atoms with van der Waals surface area (Å²) < 4.78 is 0. The average Bonchev–Trinajstić information content (AvgIpc) is 3.36. The Labute approximate surface area is 219 Å². The number of guanidine groups is 1. The molecule has 37 heavy (non-hydrogen) atoms. The molecule has 1 rings (SSSR count). The molecule has 1 aromatic heterocycles. The molecule has 0 aliphatic rings. The smallest absolute Gasteiger partial charge is 0.243 e. The van der Waals surface area contributed by atoms with Gasteiger partial charge in [-0.25, -0.2) is 4.98 Å². The Hall–Kier alpha value is -3.59. The number of nitrogens with one attached hydrogen (secondary N) is 3. The lowest BCUT2D eigenvalue weighted by atomic mass is 10.0. The molecule has 0 spiro atoms. The van der Waals surface area contributed by atoms with Crippen molar-refractivity contribution >= 4 is 46.7 Å². The van der Waals surface area contributed by atoms with Crippen molar-refractivity contribution < 1.29 is 24.0 Å². The number of primary amides is 1. The number of carbonyl (C=O) groups is 5. The van der Waals surface area contributed by atoms with Crippen LogP contribution in [0.15, 0.2) is 16.6 Å². The van der Waals surface area contributed by atoms with Gasteiger partial charge in [-0.15, -0.1) is 11.3 Å². The number of nitrogens with two attached hydrogens (primary N) is 3. The molecule has 0 saturated carbocycles. The maximum absolute atomic E-state index is 13.3. The zero-order valence-electron chi connectivity index (χ0n) is 21.4. The van der Waals surface area contributed by atoms with Gasteiger partial charge in [0, 0.05) is 30.6 Å². The molecule has 0 aliphatic heterocycles. The molecule has 0 saturated heterocycles. The second kappa shape index (κ2) is 16.2. The van der Waals surface area contributed by atoms with Crippen molar-refractivity contribution in [1.29, 1.82) is 0 Å². The number of Topliss-reactive ketones (excluding diaryl/α,β-unsaturated/α-hetero) is 1. The highest BCUT2D eigenvalue weighted by Gasteiger charge is 2.33. The fourth-order valence-electron chi connectivity index (χ4n) is 3.54. The number of aliphatic imine (C=N–C) groups is 1. The van der Waals surface area contributed by atoms with Gasteiger partial charge in [0.1, 0.15) is 6.04 Å². The van der Waals surface area contributed by atoms with E-state index < -0.39 is 42.3 Å². The second-order valence-corrected chi connectivity index (χ2v) is 9.33. The van der Waals surface area contributed by atoms with Crippen molar-refractivity contribution in [3.05, 3.63) is 16.6 Å². The van der Waals surface area contributed by atoms with E-state index in [4.69, 9.17) is 17.2 Å². The molecule has 1 heterocycles. The summed E-state index contributed by atoms with van der Waals surface area (Å²) in [7, 11) is 1.57. The minimum Gasteiger partial charge on any atom is -0.370 e. The number of hydrogen-bond donors (Lipinski definition) is 6. The Balaban J connectivity index is 3.01. The van der Waals surface area contributed by atoms with Crippen molar-refractivity contribution in [1.82, 2.24) is 25.8 Å². The first-order valence-corrected chi connectivity index (χ1v) is 12.7. The standard InChI is InChI=1S/C22H37N9O5S/c1-13(2)31(15(5-4-8-28-22(24)25)19(35)21-27-9-10-37-21)18(34)12-29-20(36)14(6-7-16(23)32)30-17(33)11-26-3/h9-10,13-15,26H,4-8,11-12H2,1-3H3,(H2,23,32)(H,29,36)(H,30,33)(H4,24,25,28). The molecule has 0 aliphatic carbocycles. The molecule has 2 unspecified atom stereocenters. The van der Waals surface area contributed by atoms with Crippen LogP contribution in [0.2, 0.25) is 0 Å². The van der Waals surface area contributed by atoms with Crippen LogP contribution >= 0.6 is 11.3 Å². The van der Waals surface area contributed by atoms with E-state index in [1.54, 1.807) is 26.3 Å². The minimum absolute atomic E-state index is 0.0331. The summed E-state index contributed by atoms with van der Waals surface area (Å²) in [6.07, 6.45) is 2.03. The Morgan fingerprint density at radius 1 is 1.11 bits per heavy atom. The van der Waals surface area contributed by atoms with Gasteiger partial charge in [0.2, 0.25) is 29.4 Å². The van der Waals surface area contributed by atoms with Crippen molar-refractivity contribution in [3.8, 4) is 0 Å². The van der Waals surface area contributed by atoms with E-state index in [0.717, 1.165) is 11.3 Å². The van der Waals surface area contributed by atoms with Gasteiger partial charge < -0.3 is 38.1 Å². The van der Waals surface area contributed by atoms with E-state index >= 15 is 0 Å². The van der Waals surface area contributed by atoms with Gasteiger partial charge in [0.05, 0.1) is 19.1 Å². The zero-order valence-corrected chi connectivity index (χ0v) is 22.2. The first kappa shape index (κ1) is 31.4. The van der Waals surface area contributed by atoms with Crippen molar-refractivity contribution in [2.75, 3.05) is 26.7 Å². The molecule has 9 N–H and O–H groups in total. The molecule has 4 amide bonds. The van der Waals surface area contributed by atoms with E-state index in [0.29, 0.717) is 6.42 Å². The van der Waals surface area contributed by atoms with E-state index in [1.165, 1.54) is 11.1 Å². The number of rotatable bonds is 17. The molecule has 0 radical (unpaired) electrons. The molecule has 2 atom stereocenters. The molecule has 1 aromatic rings. The zero-order chi connectivity index (χ0) is 28.0. The number of aromatic nitrogens is 1. The lowest BCUT2D eigenvalue weighted by Gasteiger charge is -2.34. The molecule has 0 aromatic carbocycles. The third-order valence-electron chi connectivity index (χ3n) is 5.14. The Morgan fingerprint density at radius 2 is 1.81 bits per heavy atom. The molecule has 15 heteroatoms. The third kappa shape index (κ3) is 11.3. The van der Waals surface area contributed by atoms with Crippen molar-refractivity contribution in [3.63, 3.8) is 0 Å². The summed E-state index contributed by atoms with van der Waals surface area (Å²) in [5.41, 5.74) is 15.9. The van der Waals surface area contributed by atoms with Gasteiger partial charge in [0.25, 0.3) is 0 Å². The SMILES string of the molecule is CNCC(=O)NC(CCC(N)=O)C(=O)NCC(=O)N(C(C)C)C(CCCN=C(N)N)C(=O)c1nccs1. The maximum Gasteiger partial charge on any atom is 0.243 e. The van der Waals surface area contributed by atoms with Gasteiger partial charge in [-0.3, -0.25) is 29.0 Å². The van der Waals surface area contributed by atoms with Crippen LogP contribution in [0.4, 0.5) is 0 Å². The number of carbonyl (C=O) groups excluding carboxylic acids is 5. The molecular weight excluding hydrogens is 502 g/mol. The van der Waals surface area contributed by atoms with Crippen LogP contribution in [0.25, 0.3) is 0 Å². The van der Waals surface area contributed by atoms with E-state index in [9.17, 15) is 24.0 Å². The fraction of sp³-hybridized carbons (Fsp3) is 0.591. The lowest BCUT2D eigenvalue weighted by molar-refractivity contribution is -0.136. The number of amides is 4. The highest BCUT2D eigenvalue weighted by atomic mass is 32.1. The summed E-state index contributed by atoms with van der Waals surface area (Å²) in [4.78, 5) is 71.9. The highest BCUT2D eigenvalue weighted by Crippen LogP contribution is 2.19. The van der Waals surface area contributed by atoms with Crippen LogP contribution in [0.3, 0.4) is 0 Å². The van der Waals surface area contributed by atoms with Crippen molar-refractivity contribution in [2.45, 2.75) is 57.7 Å². The average molecular weight is 540 g/mol. The van der Waals surface area contributed by atoms with Crippen molar-refractivity contribution in [2.24, 2.45) is 22.2 Å². The molecule has 0 bridgehead atoms. The number of ketones is 1. The van der Waals surface area contributed by atoms with Crippen LogP contribution in [-0.4, -0.2) is 90.1 Å². The van der Waals surface area contributed by atoms with Gasteiger partial charge in [-0.1, -0.05) is 0 Å². The number of nitrogens with zero attached hydrogens (tertiary/aromatic N) is 3. The van der Waals surface area contributed by atoms with Crippen LogP contribution in [0.5, 0.6) is 0 Å². The van der Waals surface area contributed by atoms with Gasteiger partial charge >= 0.3 is 0 Å². The number of likely N-dealkylation sites (N-methyl/N-ethyl adjacent to an activating group) is 1. The summed E-state index contributed by atoms with van der Waals surface area (Å²) in [6, 6.07) is -2.31. The van der Waals surface area contributed by atoms with E-state index in [1.807, 2.05) is 0 Å². The lowest BCUT2D eigenvalue weighted by Crippen LogP contribution is -2.54. The molecular formula is C22H37N9O5S. The Bertz CT molecular complexity index is 948. The summed E-state index contributed by atoms with van der Waals surface area (Å²) >= 11 is 1.16. The Morgan fingerprint density at radius 3 is 2.35 bits per heavy atom. The predicted octanol–water partition coefficient (Wildman–Crippen LogP) is -1.93.